The monoisotopic (exact) mass is 499 g/mol. The van der Waals surface area contributed by atoms with Gasteiger partial charge in [0.05, 0.1) is 11.3 Å². The van der Waals surface area contributed by atoms with Gasteiger partial charge in [0.1, 0.15) is 6.04 Å². The molecule has 36 heavy (non-hydrogen) atoms. The van der Waals surface area contributed by atoms with Gasteiger partial charge in [-0.3, -0.25) is 19.6 Å². The van der Waals surface area contributed by atoms with Gasteiger partial charge in [0.15, 0.2) is 0 Å². The van der Waals surface area contributed by atoms with Crippen LogP contribution in [0.25, 0.3) is 0 Å². The minimum absolute atomic E-state index is 0.132. The van der Waals surface area contributed by atoms with Gasteiger partial charge in [0.25, 0.3) is 0 Å². The van der Waals surface area contributed by atoms with Gasteiger partial charge >= 0.3 is 0 Å². The number of rotatable bonds is 14. The average molecular weight is 500 g/mol. The average Bonchev–Trinajstić information content (AvgIpc) is 2.87. The lowest BCUT2D eigenvalue weighted by atomic mass is 9.70. The molecule has 3 atom stereocenters. The second-order valence-corrected chi connectivity index (χ2v) is 10.9. The van der Waals surface area contributed by atoms with Crippen LogP contribution in [-0.4, -0.2) is 35.5 Å². The quantitative estimate of drug-likeness (QED) is 0.171. The lowest BCUT2D eigenvalue weighted by Gasteiger charge is -2.36. The maximum absolute atomic E-state index is 13.7. The standard InChI is InChI=1S/C29H45N3O4/c1-5-17-29(4,28(35)32-36)24(19-21(2)3)26(33)31-25(20-23-14-10-7-11-15-23)27(34)30-18-16-22-12-8-6-9-13-22/h5-6,8-9,12-13,21,23-25,36H,1,7,10-11,14-20H2,2-4H3,(H,30,34)(H,31,33)(H,32,35)/t24-,25-,29-/m0/s1. The molecule has 1 aliphatic carbocycles. The maximum Gasteiger partial charge on any atom is 0.250 e. The molecular weight excluding hydrogens is 454 g/mol. The lowest BCUT2D eigenvalue weighted by molar-refractivity contribution is -0.149. The number of nitrogens with one attached hydrogen (secondary N) is 3. The number of hydroxylamine groups is 1. The molecule has 0 aromatic heterocycles. The molecule has 7 heteroatoms. The van der Waals surface area contributed by atoms with Crippen LogP contribution in [0.1, 0.15) is 77.7 Å². The molecule has 1 aromatic rings. The molecule has 0 unspecified atom stereocenters. The van der Waals surface area contributed by atoms with E-state index in [0.29, 0.717) is 31.7 Å². The van der Waals surface area contributed by atoms with Crippen LogP contribution < -0.4 is 16.1 Å². The van der Waals surface area contributed by atoms with E-state index in [0.717, 1.165) is 31.2 Å². The first-order valence-electron chi connectivity index (χ1n) is 13.4. The van der Waals surface area contributed by atoms with E-state index in [1.807, 2.05) is 44.2 Å². The molecule has 0 saturated heterocycles. The Labute approximate surface area is 216 Å². The van der Waals surface area contributed by atoms with E-state index in [1.54, 1.807) is 18.5 Å². The highest BCUT2D eigenvalue weighted by Gasteiger charge is 2.45. The van der Waals surface area contributed by atoms with Crippen LogP contribution >= 0.6 is 0 Å². The first-order valence-corrected chi connectivity index (χ1v) is 13.4. The highest BCUT2D eigenvalue weighted by atomic mass is 16.5. The van der Waals surface area contributed by atoms with Crippen molar-refractivity contribution in [3.05, 3.63) is 48.6 Å². The summed E-state index contributed by atoms with van der Waals surface area (Å²) in [4.78, 5) is 39.7. The Balaban J connectivity index is 2.20. The van der Waals surface area contributed by atoms with E-state index >= 15 is 0 Å². The fraction of sp³-hybridized carbons (Fsp3) is 0.621. The van der Waals surface area contributed by atoms with E-state index in [4.69, 9.17) is 0 Å². The van der Waals surface area contributed by atoms with Crippen molar-refractivity contribution >= 4 is 17.7 Å². The Morgan fingerprint density at radius 3 is 2.36 bits per heavy atom. The summed E-state index contributed by atoms with van der Waals surface area (Å²) in [6.45, 7) is 9.88. The van der Waals surface area contributed by atoms with Crippen molar-refractivity contribution in [2.75, 3.05) is 6.54 Å². The summed E-state index contributed by atoms with van der Waals surface area (Å²) in [5, 5.41) is 15.4. The second kappa shape index (κ2) is 14.8. The largest absolute Gasteiger partial charge is 0.354 e. The number of amides is 3. The minimum Gasteiger partial charge on any atom is -0.354 e. The Kier molecular flexibility index (Phi) is 12.1. The smallest absolute Gasteiger partial charge is 0.250 e. The molecule has 7 nitrogen and oxygen atoms in total. The summed E-state index contributed by atoms with van der Waals surface area (Å²) in [5.41, 5.74) is 1.68. The van der Waals surface area contributed by atoms with Crippen LogP contribution in [-0.2, 0) is 20.8 Å². The third kappa shape index (κ3) is 8.77. The van der Waals surface area contributed by atoms with Crippen molar-refractivity contribution in [3.8, 4) is 0 Å². The minimum atomic E-state index is -1.19. The van der Waals surface area contributed by atoms with Crippen LogP contribution in [0.5, 0.6) is 0 Å². The Bertz CT molecular complexity index is 851. The number of hydrogen-bond donors (Lipinski definition) is 4. The Morgan fingerprint density at radius 1 is 1.11 bits per heavy atom. The van der Waals surface area contributed by atoms with Gasteiger partial charge in [-0.25, -0.2) is 5.48 Å². The highest BCUT2D eigenvalue weighted by Crippen LogP contribution is 2.37. The van der Waals surface area contributed by atoms with Gasteiger partial charge in [-0.2, -0.15) is 0 Å². The van der Waals surface area contributed by atoms with Crippen LogP contribution in [0.15, 0.2) is 43.0 Å². The molecule has 1 aliphatic rings. The van der Waals surface area contributed by atoms with Gasteiger partial charge < -0.3 is 10.6 Å². The molecule has 0 radical (unpaired) electrons. The fourth-order valence-electron chi connectivity index (χ4n) is 5.31. The van der Waals surface area contributed by atoms with Crippen molar-refractivity contribution in [2.24, 2.45) is 23.2 Å². The first kappa shape index (κ1) is 29.6. The van der Waals surface area contributed by atoms with E-state index in [-0.39, 0.29) is 24.2 Å². The summed E-state index contributed by atoms with van der Waals surface area (Å²) in [5.74, 6) is -1.37. The molecule has 0 spiro atoms. The van der Waals surface area contributed by atoms with Crippen molar-refractivity contribution in [2.45, 2.75) is 84.6 Å². The van der Waals surface area contributed by atoms with Crippen molar-refractivity contribution < 1.29 is 19.6 Å². The third-order valence-corrected chi connectivity index (χ3v) is 7.46. The summed E-state index contributed by atoms with van der Waals surface area (Å²) in [6, 6.07) is 9.29. The molecule has 1 aromatic carbocycles. The predicted molar refractivity (Wildman–Crippen MR) is 142 cm³/mol. The molecule has 0 aliphatic heterocycles. The van der Waals surface area contributed by atoms with Crippen LogP contribution in [0.2, 0.25) is 0 Å². The predicted octanol–water partition coefficient (Wildman–Crippen LogP) is 4.55. The van der Waals surface area contributed by atoms with Gasteiger partial charge in [0.2, 0.25) is 17.7 Å². The number of hydrogen-bond acceptors (Lipinski definition) is 4. The fourth-order valence-corrected chi connectivity index (χ4v) is 5.31. The van der Waals surface area contributed by atoms with Gasteiger partial charge in [0, 0.05) is 6.54 Å². The molecule has 4 N–H and O–H groups in total. The molecule has 0 bridgehead atoms. The third-order valence-electron chi connectivity index (χ3n) is 7.46. The Hall–Kier alpha value is -2.67. The number of carbonyl (C=O) groups is 3. The van der Waals surface area contributed by atoms with E-state index < -0.39 is 23.3 Å². The number of benzene rings is 1. The molecule has 1 saturated carbocycles. The summed E-state index contributed by atoms with van der Waals surface area (Å²) in [7, 11) is 0. The highest BCUT2D eigenvalue weighted by molar-refractivity contribution is 5.93. The maximum atomic E-state index is 13.7. The lowest BCUT2D eigenvalue weighted by Crippen LogP contribution is -2.54. The summed E-state index contributed by atoms with van der Waals surface area (Å²) in [6.07, 6.45) is 9.16. The van der Waals surface area contributed by atoms with E-state index in [9.17, 15) is 19.6 Å². The van der Waals surface area contributed by atoms with E-state index in [1.165, 1.54) is 6.42 Å². The van der Waals surface area contributed by atoms with Crippen LogP contribution in [0.3, 0.4) is 0 Å². The van der Waals surface area contributed by atoms with Crippen LogP contribution in [0, 0.1) is 23.2 Å². The van der Waals surface area contributed by atoms with Crippen molar-refractivity contribution in [1.82, 2.24) is 16.1 Å². The van der Waals surface area contributed by atoms with E-state index in [2.05, 4.69) is 17.2 Å². The first-order chi connectivity index (χ1) is 17.2. The van der Waals surface area contributed by atoms with Crippen molar-refractivity contribution in [1.29, 1.82) is 0 Å². The van der Waals surface area contributed by atoms with Crippen LogP contribution in [0.4, 0.5) is 0 Å². The molecule has 200 valence electrons. The zero-order valence-electron chi connectivity index (χ0n) is 22.2. The zero-order chi connectivity index (χ0) is 26.6. The molecule has 1 fully saturated rings. The summed E-state index contributed by atoms with van der Waals surface area (Å²) >= 11 is 0. The van der Waals surface area contributed by atoms with Crippen molar-refractivity contribution in [3.63, 3.8) is 0 Å². The number of carbonyl (C=O) groups excluding carboxylic acids is 3. The van der Waals surface area contributed by atoms with Gasteiger partial charge in [-0.05, 0) is 50.0 Å². The zero-order valence-corrected chi connectivity index (χ0v) is 22.2. The second-order valence-electron chi connectivity index (χ2n) is 10.9. The number of allylic oxidation sites excluding steroid dienone is 1. The van der Waals surface area contributed by atoms with Gasteiger partial charge in [-0.1, -0.05) is 82.4 Å². The SMILES string of the molecule is C=CC[C@](C)(C(=O)NO)[C@@H](CC(C)C)C(=O)N[C@@H](CC1CCCCC1)C(=O)NCCc1ccccc1. The molecule has 2 rings (SSSR count). The molecule has 3 amide bonds. The Morgan fingerprint density at radius 2 is 1.78 bits per heavy atom. The van der Waals surface area contributed by atoms with Gasteiger partial charge in [-0.15, -0.1) is 6.58 Å². The normalized spacial score (nSPS) is 17.5. The molecule has 0 heterocycles. The summed E-state index contributed by atoms with van der Waals surface area (Å²) < 4.78 is 0. The topological polar surface area (TPSA) is 108 Å². The molecular formula is C29H45N3O4.